The maximum absolute atomic E-state index is 6.04. The van der Waals surface area contributed by atoms with Crippen LogP contribution >= 0.6 is 11.6 Å². The second-order valence-corrected chi connectivity index (χ2v) is 5.41. The van der Waals surface area contributed by atoms with Crippen LogP contribution in [0.25, 0.3) is 0 Å². The highest BCUT2D eigenvalue weighted by molar-refractivity contribution is 6.30. The van der Waals surface area contributed by atoms with Gasteiger partial charge >= 0.3 is 0 Å². The Morgan fingerprint density at radius 1 is 1.31 bits per heavy atom. The summed E-state index contributed by atoms with van der Waals surface area (Å²) in [6, 6.07) is 5.93. The predicted octanol–water partition coefficient (Wildman–Crippen LogP) is 3.66. The number of hydrogen-bond acceptors (Lipinski definition) is 2. The molecule has 0 aromatic heterocycles. The van der Waals surface area contributed by atoms with Crippen LogP contribution in [0.3, 0.4) is 0 Å². The molecule has 90 valence electrons. The van der Waals surface area contributed by atoms with Gasteiger partial charge in [0.1, 0.15) is 5.75 Å². The average molecular weight is 242 g/mol. The van der Waals surface area contributed by atoms with E-state index in [-0.39, 0.29) is 11.5 Å². The van der Waals surface area contributed by atoms with Gasteiger partial charge in [0.2, 0.25) is 0 Å². The molecule has 0 bridgehead atoms. The van der Waals surface area contributed by atoms with Crippen LogP contribution in [0.4, 0.5) is 0 Å². The highest BCUT2D eigenvalue weighted by atomic mass is 35.5. The Hall–Kier alpha value is -0.730. The molecule has 1 aromatic carbocycles. The third-order valence-electron chi connectivity index (χ3n) is 2.66. The van der Waals surface area contributed by atoms with Crippen LogP contribution in [-0.2, 0) is 0 Å². The first-order valence-electron chi connectivity index (χ1n) is 5.41. The van der Waals surface area contributed by atoms with E-state index in [1.807, 2.05) is 25.2 Å². The van der Waals surface area contributed by atoms with E-state index in [2.05, 4.69) is 26.1 Å². The Kier molecular flexibility index (Phi) is 4.22. The molecule has 0 aliphatic rings. The second-order valence-electron chi connectivity index (χ2n) is 4.97. The van der Waals surface area contributed by atoms with Gasteiger partial charge in [-0.05, 0) is 30.7 Å². The van der Waals surface area contributed by atoms with Gasteiger partial charge in [-0.3, -0.25) is 0 Å². The van der Waals surface area contributed by atoms with Gasteiger partial charge in [0.15, 0.2) is 0 Å². The second kappa shape index (κ2) is 5.07. The van der Waals surface area contributed by atoms with Crippen LogP contribution in [0.5, 0.6) is 5.75 Å². The minimum absolute atomic E-state index is 0.104. The lowest BCUT2D eigenvalue weighted by molar-refractivity contribution is 0.278. The smallest absolute Gasteiger partial charge is 0.123 e. The molecule has 1 aromatic rings. The fourth-order valence-electron chi connectivity index (χ4n) is 1.99. The van der Waals surface area contributed by atoms with Crippen molar-refractivity contribution in [3.63, 3.8) is 0 Å². The highest BCUT2D eigenvalue weighted by Gasteiger charge is 2.27. The molecule has 0 aliphatic heterocycles. The first-order valence-corrected chi connectivity index (χ1v) is 5.78. The Balaban J connectivity index is 3.23. The molecule has 0 aliphatic carbocycles. The number of hydrogen-bond donors (Lipinski definition) is 1. The van der Waals surface area contributed by atoms with E-state index in [1.165, 1.54) is 0 Å². The topological polar surface area (TPSA) is 21.3 Å². The number of rotatable bonds is 3. The number of methoxy groups -OCH3 is 1. The summed E-state index contributed by atoms with van der Waals surface area (Å²) in [5.74, 6) is 0.874. The molecule has 0 saturated carbocycles. The summed E-state index contributed by atoms with van der Waals surface area (Å²) in [7, 11) is 3.64. The largest absolute Gasteiger partial charge is 0.496 e. The first kappa shape index (κ1) is 13.3. The zero-order valence-electron chi connectivity index (χ0n) is 10.6. The van der Waals surface area contributed by atoms with E-state index in [4.69, 9.17) is 16.3 Å². The van der Waals surface area contributed by atoms with Crippen LogP contribution < -0.4 is 10.1 Å². The number of ether oxygens (including phenoxy) is 1. The van der Waals surface area contributed by atoms with E-state index >= 15 is 0 Å². The van der Waals surface area contributed by atoms with Gasteiger partial charge in [-0.25, -0.2) is 0 Å². The molecule has 0 spiro atoms. The summed E-state index contributed by atoms with van der Waals surface area (Å²) in [6.07, 6.45) is 0. The van der Waals surface area contributed by atoms with Crippen molar-refractivity contribution in [3.8, 4) is 5.75 Å². The van der Waals surface area contributed by atoms with Crippen molar-refractivity contribution >= 4 is 11.6 Å². The molecule has 0 saturated heterocycles. The molecular formula is C13H20ClNO. The summed E-state index contributed by atoms with van der Waals surface area (Å²) in [6.45, 7) is 6.57. The molecular weight excluding hydrogens is 222 g/mol. The fourth-order valence-corrected chi connectivity index (χ4v) is 2.17. The lowest BCUT2D eigenvalue weighted by Gasteiger charge is -2.31. The standard InChI is InChI=1S/C13H20ClNO/c1-13(2,3)12(15-4)10-8-9(14)6-7-11(10)16-5/h6-8,12,15H,1-5H3. The number of halogens is 1. The van der Waals surface area contributed by atoms with E-state index in [9.17, 15) is 0 Å². The molecule has 1 unspecified atom stereocenters. The van der Waals surface area contributed by atoms with Crippen LogP contribution in [0.15, 0.2) is 18.2 Å². The summed E-state index contributed by atoms with van der Waals surface area (Å²) >= 11 is 6.04. The highest BCUT2D eigenvalue weighted by Crippen LogP contribution is 2.38. The summed E-state index contributed by atoms with van der Waals surface area (Å²) in [5.41, 5.74) is 1.21. The van der Waals surface area contributed by atoms with Gasteiger partial charge in [-0.15, -0.1) is 0 Å². The minimum atomic E-state index is 0.104. The van der Waals surface area contributed by atoms with Crippen LogP contribution in [-0.4, -0.2) is 14.2 Å². The average Bonchev–Trinajstić information content (AvgIpc) is 2.17. The van der Waals surface area contributed by atoms with Crippen molar-refractivity contribution in [3.05, 3.63) is 28.8 Å². The SMILES string of the molecule is CNC(c1cc(Cl)ccc1OC)C(C)(C)C. The Labute approximate surface area is 103 Å². The maximum atomic E-state index is 6.04. The van der Waals surface area contributed by atoms with Crippen molar-refractivity contribution in [2.24, 2.45) is 5.41 Å². The van der Waals surface area contributed by atoms with E-state index in [1.54, 1.807) is 7.11 Å². The molecule has 0 fully saturated rings. The van der Waals surface area contributed by atoms with Crippen molar-refractivity contribution in [1.82, 2.24) is 5.32 Å². The van der Waals surface area contributed by atoms with Gasteiger partial charge in [-0.1, -0.05) is 32.4 Å². The van der Waals surface area contributed by atoms with Gasteiger partial charge in [0, 0.05) is 16.6 Å². The predicted molar refractivity (Wildman–Crippen MR) is 69.3 cm³/mol. The van der Waals surface area contributed by atoms with Crippen molar-refractivity contribution in [1.29, 1.82) is 0 Å². The zero-order chi connectivity index (χ0) is 12.3. The minimum Gasteiger partial charge on any atom is -0.496 e. The van der Waals surface area contributed by atoms with Crippen LogP contribution in [0.2, 0.25) is 5.02 Å². The Bertz CT molecular complexity index is 357. The first-order chi connectivity index (χ1) is 7.40. The molecule has 16 heavy (non-hydrogen) atoms. The molecule has 1 N–H and O–H groups in total. The third-order valence-corrected chi connectivity index (χ3v) is 2.89. The van der Waals surface area contributed by atoms with Gasteiger partial charge in [0.25, 0.3) is 0 Å². The van der Waals surface area contributed by atoms with E-state index < -0.39 is 0 Å². The molecule has 0 amide bonds. The molecule has 2 nitrogen and oxygen atoms in total. The lowest BCUT2D eigenvalue weighted by atomic mass is 9.82. The Morgan fingerprint density at radius 2 is 1.94 bits per heavy atom. The normalized spacial score (nSPS) is 13.6. The number of nitrogens with one attached hydrogen (secondary N) is 1. The lowest BCUT2D eigenvalue weighted by Crippen LogP contribution is -2.30. The van der Waals surface area contributed by atoms with Crippen molar-refractivity contribution in [2.75, 3.05) is 14.2 Å². The molecule has 1 atom stereocenters. The summed E-state index contributed by atoms with van der Waals surface area (Å²) in [5, 5.41) is 4.06. The third kappa shape index (κ3) is 2.89. The van der Waals surface area contributed by atoms with Crippen molar-refractivity contribution < 1.29 is 4.74 Å². The Morgan fingerprint density at radius 3 is 2.38 bits per heavy atom. The molecule has 0 radical (unpaired) electrons. The van der Waals surface area contributed by atoms with E-state index in [0.717, 1.165) is 16.3 Å². The van der Waals surface area contributed by atoms with Gasteiger partial charge in [0.05, 0.1) is 7.11 Å². The summed E-state index contributed by atoms with van der Waals surface area (Å²) < 4.78 is 5.38. The number of benzene rings is 1. The fraction of sp³-hybridized carbons (Fsp3) is 0.538. The van der Waals surface area contributed by atoms with Gasteiger partial charge < -0.3 is 10.1 Å². The monoisotopic (exact) mass is 241 g/mol. The van der Waals surface area contributed by atoms with Gasteiger partial charge in [-0.2, -0.15) is 0 Å². The zero-order valence-corrected chi connectivity index (χ0v) is 11.4. The molecule has 1 rings (SSSR count). The quantitative estimate of drug-likeness (QED) is 0.872. The van der Waals surface area contributed by atoms with Crippen molar-refractivity contribution in [2.45, 2.75) is 26.8 Å². The summed E-state index contributed by atoms with van der Waals surface area (Å²) in [4.78, 5) is 0. The molecule has 3 heteroatoms. The van der Waals surface area contributed by atoms with E-state index in [0.29, 0.717) is 0 Å². The maximum Gasteiger partial charge on any atom is 0.123 e. The van der Waals surface area contributed by atoms with Crippen LogP contribution in [0.1, 0.15) is 32.4 Å². The molecule has 0 heterocycles. The van der Waals surface area contributed by atoms with Crippen LogP contribution in [0, 0.1) is 5.41 Å².